The fraction of sp³-hybridized carbons (Fsp3) is 1.00. The van der Waals surface area contributed by atoms with Crippen molar-refractivity contribution in [2.45, 2.75) is 37.7 Å². The molecule has 1 rings (SSSR count). The molecule has 0 spiro atoms. The summed E-state index contributed by atoms with van der Waals surface area (Å²) in [7, 11) is 0. The molecular weight excluding hydrogens is 174 g/mol. The standard InChI is InChI=1S/C9H18ClNO/c10-6-2-1-3-9(12)4-7-11-8-5-9/h11-12H,1-8H2. The van der Waals surface area contributed by atoms with Crippen LogP contribution in [0, 0.1) is 0 Å². The van der Waals surface area contributed by atoms with Gasteiger partial charge in [0.2, 0.25) is 0 Å². The highest BCUT2D eigenvalue weighted by molar-refractivity contribution is 6.17. The second-order valence-electron chi connectivity index (χ2n) is 3.62. The molecule has 0 bridgehead atoms. The molecule has 0 unspecified atom stereocenters. The van der Waals surface area contributed by atoms with Crippen LogP contribution >= 0.6 is 11.6 Å². The van der Waals surface area contributed by atoms with Gasteiger partial charge in [-0.3, -0.25) is 0 Å². The average molecular weight is 192 g/mol. The van der Waals surface area contributed by atoms with Crippen molar-refractivity contribution in [3.63, 3.8) is 0 Å². The Bertz CT molecular complexity index is 124. The van der Waals surface area contributed by atoms with Gasteiger partial charge in [0.15, 0.2) is 0 Å². The maximum atomic E-state index is 10.0. The number of hydrogen-bond acceptors (Lipinski definition) is 2. The lowest BCUT2D eigenvalue weighted by atomic mass is 9.87. The normalized spacial score (nSPS) is 22.5. The van der Waals surface area contributed by atoms with Crippen molar-refractivity contribution in [3.8, 4) is 0 Å². The number of unbranched alkanes of at least 4 members (excludes halogenated alkanes) is 1. The zero-order valence-corrected chi connectivity index (χ0v) is 8.24. The number of piperidine rings is 1. The van der Waals surface area contributed by atoms with Crippen molar-refractivity contribution in [1.29, 1.82) is 0 Å². The minimum atomic E-state index is -0.392. The van der Waals surface area contributed by atoms with Gasteiger partial charge in [-0.05, 0) is 45.2 Å². The molecule has 0 amide bonds. The molecule has 2 N–H and O–H groups in total. The first-order chi connectivity index (χ1) is 5.77. The van der Waals surface area contributed by atoms with Crippen LogP contribution < -0.4 is 5.32 Å². The SMILES string of the molecule is OC1(CCCCCl)CCNCC1. The van der Waals surface area contributed by atoms with Gasteiger partial charge in [0, 0.05) is 5.88 Å². The fourth-order valence-electron chi connectivity index (χ4n) is 1.69. The second-order valence-corrected chi connectivity index (χ2v) is 4.00. The Morgan fingerprint density at radius 3 is 2.50 bits per heavy atom. The summed E-state index contributed by atoms with van der Waals surface area (Å²) in [6, 6.07) is 0. The topological polar surface area (TPSA) is 32.3 Å². The number of aliphatic hydroxyl groups is 1. The van der Waals surface area contributed by atoms with Gasteiger partial charge in [0.05, 0.1) is 5.60 Å². The van der Waals surface area contributed by atoms with Gasteiger partial charge < -0.3 is 10.4 Å². The first-order valence-corrected chi connectivity index (χ1v) is 5.29. The van der Waals surface area contributed by atoms with Gasteiger partial charge in [0.25, 0.3) is 0 Å². The van der Waals surface area contributed by atoms with E-state index in [9.17, 15) is 5.11 Å². The summed E-state index contributed by atoms with van der Waals surface area (Å²) < 4.78 is 0. The molecule has 1 aliphatic heterocycles. The molecule has 72 valence electrons. The Morgan fingerprint density at radius 1 is 1.25 bits per heavy atom. The number of hydrogen-bond donors (Lipinski definition) is 2. The van der Waals surface area contributed by atoms with Crippen LogP contribution in [0.25, 0.3) is 0 Å². The minimum Gasteiger partial charge on any atom is -0.390 e. The Hall–Kier alpha value is 0.210. The third kappa shape index (κ3) is 3.30. The Kier molecular flexibility index (Phi) is 4.33. The number of halogens is 1. The lowest BCUT2D eigenvalue weighted by Gasteiger charge is -2.32. The number of nitrogens with one attached hydrogen (secondary N) is 1. The highest BCUT2D eigenvalue weighted by Crippen LogP contribution is 2.24. The number of alkyl halides is 1. The van der Waals surface area contributed by atoms with E-state index in [-0.39, 0.29) is 0 Å². The van der Waals surface area contributed by atoms with Crippen LogP contribution in [0.5, 0.6) is 0 Å². The van der Waals surface area contributed by atoms with E-state index in [0.29, 0.717) is 5.88 Å². The summed E-state index contributed by atoms with van der Waals surface area (Å²) in [4.78, 5) is 0. The molecule has 1 saturated heterocycles. The van der Waals surface area contributed by atoms with E-state index >= 15 is 0 Å². The van der Waals surface area contributed by atoms with E-state index in [2.05, 4.69) is 5.32 Å². The first-order valence-electron chi connectivity index (χ1n) is 4.76. The molecule has 2 nitrogen and oxygen atoms in total. The van der Waals surface area contributed by atoms with E-state index in [1.165, 1.54) is 0 Å². The molecule has 0 aromatic carbocycles. The third-order valence-electron chi connectivity index (χ3n) is 2.56. The van der Waals surface area contributed by atoms with Crippen LogP contribution in [0.2, 0.25) is 0 Å². The van der Waals surface area contributed by atoms with E-state index in [0.717, 1.165) is 45.2 Å². The first kappa shape index (κ1) is 10.3. The molecule has 0 atom stereocenters. The average Bonchev–Trinajstić information content (AvgIpc) is 2.06. The summed E-state index contributed by atoms with van der Waals surface area (Å²) in [5, 5.41) is 13.3. The maximum Gasteiger partial charge on any atom is 0.0672 e. The lowest BCUT2D eigenvalue weighted by molar-refractivity contribution is 0.000737. The molecule has 0 aromatic heterocycles. The Morgan fingerprint density at radius 2 is 1.92 bits per heavy atom. The fourth-order valence-corrected chi connectivity index (χ4v) is 1.88. The summed E-state index contributed by atoms with van der Waals surface area (Å²) in [5.74, 6) is 0.717. The van der Waals surface area contributed by atoms with Gasteiger partial charge >= 0.3 is 0 Å². The molecule has 0 aliphatic carbocycles. The molecule has 12 heavy (non-hydrogen) atoms. The third-order valence-corrected chi connectivity index (χ3v) is 2.83. The summed E-state index contributed by atoms with van der Waals surface area (Å²) in [5.41, 5.74) is -0.392. The van der Waals surface area contributed by atoms with Gasteiger partial charge in [-0.25, -0.2) is 0 Å². The van der Waals surface area contributed by atoms with E-state index in [1.54, 1.807) is 0 Å². The van der Waals surface area contributed by atoms with Crippen molar-refractivity contribution < 1.29 is 5.11 Å². The molecular formula is C9H18ClNO. The lowest BCUT2D eigenvalue weighted by Crippen LogP contribution is -2.41. The maximum absolute atomic E-state index is 10.0. The van der Waals surface area contributed by atoms with Gasteiger partial charge in [-0.15, -0.1) is 11.6 Å². The predicted octanol–water partition coefficient (Wildman–Crippen LogP) is 1.51. The highest BCUT2D eigenvalue weighted by Gasteiger charge is 2.27. The monoisotopic (exact) mass is 191 g/mol. The van der Waals surface area contributed by atoms with Crippen LogP contribution in [-0.4, -0.2) is 29.7 Å². The molecule has 1 fully saturated rings. The summed E-state index contributed by atoms with van der Waals surface area (Å²) in [6.45, 7) is 1.91. The highest BCUT2D eigenvalue weighted by atomic mass is 35.5. The minimum absolute atomic E-state index is 0.392. The smallest absolute Gasteiger partial charge is 0.0672 e. The zero-order valence-electron chi connectivity index (χ0n) is 7.48. The van der Waals surface area contributed by atoms with Crippen molar-refractivity contribution in [2.75, 3.05) is 19.0 Å². The Balaban J connectivity index is 2.17. The van der Waals surface area contributed by atoms with E-state index in [4.69, 9.17) is 11.6 Å². The molecule has 0 radical (unpaired) electrons. The van der Waals surface area contributed by atoms with Gasteiger partial charge in [-0.1, -0.05) is 0 Å². The molecule has 0 saturated carbocycles. The van der Waals surface area contributed by atoms with Gasteiger partial charge in [0.1, 0.15) is 0 Å². The number of rotatable bonds is 4. The molecule has 0 aromatic rings. The van der Waals surface area contributed by atoms with E-state index in [1.807, 2.05) is 0 Å². The van der Waals surface area contributed by atoms with Crippen LogP contribution in [0.15, 0.2) is 0 Å². The molecule has 1 heterocycles. The van der Waals surface area contributed by atoms with Crippen LogP contribution in [0.4, 0.5) is 0 Å². The second kappa shape index (κ2) is 5.05. The van der Waals surface area contributed by atoms with Crippen molar-refractivity contribution in [2.24, 2.45) is 0 Å². The van der Waals surface area contributed by atoms with Gasteiger partial charge in [-0.2, -0.15) is 0 Å². The molecule has 3 heteroatoms. The quantitative estimate of drug-likeness (QED) is 0.522. The van der Waals surface area contributed by atoms with Crippen LogP contribution in [-0.2, 0) is 0 Å². The van der Waals surface area contributed by atoms with Crippen molar-refractivity contribution in [3.05, 3.63) is 0 Å². The molecule has 1 aliphatic rings. The van der Waals surface area contributed by atoms with Crippen LogP contribution in [0.3, 0.4) is 0 Å². The summed E-state index contributed by atoms with van der Waals surface area (Å²) >= 11 is 5.57. The Labute approximate surface area is 79.3 Å². The van der Waals surface area contributed by atoms with Crippen molar-refractivity contribution in [1.82, 2.24) is 5.32 Å². The van der Waals surface area contributed by atoms with E-state index < -0.39 is 5.60 Å². The predicted molar refractivity (Wildman–Crippen MR) is 51.6 cm³/mol. The largest absolute Gasteiger partial charge is 0.390 e. The van der Waals surface area contributed by atoms with Crippen LogP contribution in [0.1, 0.15) is 32.1 Å². The van der Waals surface area contributed by atoms with Crippen molar-refractivity contribution >= 4 is 11.6 Å². The zero-order chi connectivity index (χ0) is 8.86. The summed E-state index contributed by atoms with van der Waals surface area (Å²) in [6.07, 6.45) is 4.79.